The van der Waals surface area contributed by atoms with Crippen LogP contribution >= 0.6 is 0 Å². The molecule has 2 bridgehead atoms. The van der Waals surface area contributed by atoms with Gasteiger partial charge in [0.05, 0.1) is 35.0 Å². The number of ether oxygens (including phenoxy) is 2. The topological polar surface area (TPSA) is 86.5 Å². The standard InChI is InChI=1S/C32H31FN4O4S/c1-42(39)31-21-13-24(23-10-9-19-15-41-32(38)36(19)23)37(28-17-7-8-18(28)12-17)29(21)22-14-34-26(25(33)27(22)35-31)20-6-2-4-16-5-3-11-40-30(16)20/h2,4,6,13-14,17-19,23,28H,3,5,7-12,15H2,1H3/t17-,18+,19-,23?,28?,42?/m0/s1. The van der Waals surface area contributed by atoms with Gasteiger partial charge in [-0.25, -0.2) is 14.2 Å². The van der Waals surface area contributed by atoms with Gasteiger partial charge in [0.25, 0.3) is 0 Å². The number of aryl methyl sites for hydroxylation is 1. The lowest BCUT2D eigenvalue weighted by molar-refractivity contribution is 0.140. The maximum atomic E-state index is 16.7. The molecule has 0 N–H and O–H groups in total. The van der Waals surface area contributed by atoms with Crippen LogP contribution in [-0.2, 0) is 22.0 Å². The van der Waals surface area contributed by atoms with Crippen molar-refractivity contribution in [2.75, 3.05) is 19.5 Å². The Bertz CT molecular complexity index is 1840. The third kappa shape index (κ3) is 3.33. The van der Waals surface area contributed by atoms with Crippen LogP contribution in [0.4, 0.5) is 9.18 Å². The number of rotatable bonds is 4. The van der Waals surface area contributed by atoms with E-state index in [0.29, 0.717) is 46.8 Å². The molecule has 0 radical (unpaired) electrons. The van der Waals surface area contributed by atoms with Crippen molar-refractivity contribution in [1.29, 1.82) is 0 Å². The first-order valence-corrected chi connectivity index (χ1v) is 16.6. The summed E-state index contributed by atoms with van der Waals surface area (Å²) in [7, 11) is -1.47. The van der Waals surface area contributed by atoms with Gasteiger partial charge in [0.15, 0.2) is 5.82 Å². The molecule has 8 nitrogen and oxygen atoms in total. The van der Waals surface area contributed by atoms with Gasteiger partial charge in [0.1, 0.15) is 28.6 Å². The van der Waals surface area contributed by atoms with Gasteiger partial charge < -0.3 is 14.0 Å². The Balaban J connectivity index is 1.32. The maximum Gasteiger partial charge on any atom is 0.410 e. The number of cyclic esters (lactones) is 1. The Kier molecular flexibility index (Phi) is 5.35. The number of carbonyl (C=O) groups is 1. The van der Waals surface area contributed by atoms with E-state index in [1.807, 2.05) is 23.1 Å². The second-order valence-electron chi connectivity index (χ2n) is 12.6. The summed E-state index contributed by atoms with van der Waals surface area (Å²) in [6.45, 7) is 1.01. The molecule has 6 heterocycles. The number of fused-ring (bicyclic) bond motifs is 6. The van der Waals surface area contributed by atoms with E-state index in [9.17, 15) is 9.00 Å². The summed E-state index contributed by atoms with van der Waals surface area (Å²) in [6.07, 6.45) is 10.1. The monoisotopic (exact) mass is 586 g/mol. The van der Waals surface area contributed by atoms with Gasteiger partial charge in [-0.1, -0.05) is 12.1 Å². The van der Waals surface area contributed by atoms with Gasteiger partial charge in [-0.2, -0.15) is 0 Å². The zero-order chi connectivity index (χ0) is 28.3. The first-order chi connectivity index (χ1) is 20.5. The fourth-order valence-corrected chi connectivity index (χ4v) is 9.29. The van der Waals surface area contributed by atoms with Crippen molar-refractivity contribution >= 4 is 38.7 Å². The van der Waals surface area contributed by atoms with E-state index < -0.39 is 16.6 Å². The average molecular weight is 587 g/mol. The number of hydrogen-bond donors (Lipinski definition) is 0. The van der Waals surface area contributed by atoms with Gasteiger partial charge in [-0.3, -0.25) is 14.1 Å². The van der Waals surface area contributed by atoms with Crippen molar-refractivity contribution < 1.29 is 22.9 Å². The molecule has 3 aliphatic heterocycles. The fourth-order valence-electron chi connectivity index (χ4n) is 8.60. The molecule has 3 unspecified atom stereocenters. The molecule has 5 fully saturated rings. The number of hydrogen-bond acceptors (Lipinski definition) is 6. The number of para-hydroxylation sites is 1. The summed E-state index contributed by atoms with van der Waals surface area (Å²) in [6, 6.07) is 8.04. The van der Waals surface area contributed by atoms with Crippen LogP contribution in [-0.4, -0.2) is 55.2 Å². The highest BCUT2D eigenvalue weighted by Gasteiger charge is 2.51. The SMILES string of the molecule is CS(=O)c1nc2c(F)c(-c3cccc4c3OCCC4)ncc2c2c1cc(C1CC[C@H]3COC(=O)N13)n2C1[C@@H]2CC[C@H]1C2. The molecule has 3 aromatic heterocycles. The highest BCUT2D eigenvalue weighted by atomic mass is 32.2. The summed E-state index contributed by atoms with van der Waals surface area (Å²) in [5.41, 5.74) is 3.89. The van der Waals surface area contributed by atoms with Crippen LogP contribution in [0.25, 0.3) is 33.1 Å². The van der Waals surface area contributed by atoms with Crippen LogP contribution < -0.4 is 4.74 Å². The molecule has 10 heteroatoms. The van der Waals surface area contributed by atoms with E-state index in [4.69, 9.17) is 19.4 Å². The van der Waals surface area contributed by atoms with Gasteiger partial charge >= 0.3 is 6.09 Å². The van der Waals surface area contributed by atoms with Crippen molar-refractivity contribution in [3.8, 4) is 17.0 Å². The van der Waals surface area contributed by atoms with Crippen LogP contribution in [0, 0.1) is 17.7 Å². The summed E-state index contributed by atoms with van der Waals surface area (Å²) in [5.74, 6) is 1.23. The smallest absolute Gasteiger partial charge is 0.410 e. The third-order valence-electron chi connectivity index (χ3n) is 10.5. The van der Waals surface area contributed by atoms with Crippen molar-refractivity contribution in [2.45, 2.75) is 68.1 Å². The number of benzene rings is 1. The summed E-state index contributed by atoms with van der Waals surface area (Å²) in [5, 5.41) is 1.74. The minimum Gasteiger partial charge on any atom is -0.493 e. The van der Waals surface area contributed by atoms with Crippen LogP contribution in [0.5, 0.6) is 5.75 Å². The van der Waals surface area contributed by atoms with Gasteiger partial charge in [0, 0.05) is 40.5 Å². The second kappa shape index (κ2) is 8.99. The molecule has 3 saturated carbocycles. The van der Waals surface area contributed by atoms with E-state index in [-0.39, 0.29) is 35.4 Å². The normalized spacial score (nSPS) is 28.5. The average Bonchev–Trinajstić information content (AvgIpc) is 3.81. The number of pyridine rings is 2. The Hall–Kier alpha value is -3.53. The number of carbonyl (C=O) groups excluding carboxylic acids is 1. The van der Waals surface area contributed by atoms with Crippen molar-refractivity contribution in [2.24, 2.45) is 11.8 Å². The lowest BCUT2D eigenvalue weighted by atomic mass is 9.78. The van der Waals surface area contributed by atoms with Crippen molar-refractivity contribution in [3.63, 3.8) is 0 Å². The highest BCUT2D eigenvalue weighted by Crippen LogP contribution is 2.59. The van der Waals surface area contributed by atoms with Gasteiger partial charge in [-0.05, 0) is 74.5 Å². The number of amides is 1. The lowest BCUT2D eigenvalue weighted by Gasteiger charge is -2.40. The minimum atomic E-state index is -1.47. The van der Waals surface area contributed by atoms with Crippen molar-refractivity contribution in [1.82, 2.24) is 19.4 Å². The molecule has 6 aliphatic rings. The van der Waals surface area contributed by atoms with E-state index in [1.165, 1.54) is 19.3 Å². The van der Waals surface area contributed by atoms with Crippen LogP contribution in [0.2, 0.25) is 0 Å². The van der Waals surface area contributed by atoms with Crippen molar-refractivity contribution in [3.05, 3.63) is 47.5 Å². The number of halogens is 1. The molecule has 42 heavy (non-hydrogen) atoms. The first kappa shape index (κ1) is 25.0. The molecule has 2 saturated heterocycles. The first-order valence-electron chi connectivity index (χ1n) is 15.1. The highest BCUT2D eigenvalue weighted by molar-refractivity contribution is 7.84. The molecular formula is C32H31FN4O4S. The fraction of sp³-hybridized carbons (Fsp3) is 0.469. The quantitative estimate of drug-likeness (QED) is 0.288. The molecule has 0 spiro atoms. The molecule has 216 valence electrons. The van der Waals surface area contributed by atoms with Crippen LogP contribution in [0.3, 0.4) is 0 Å². The third-order valence-corrected chi connectivity index (χ3v) is 11.3. The Morgan fingerprint density at radius 3 is 2.76 bits per heavy atom. The van der Waals surface area contributed by atoms with Gasteiger partial charge in [0.2, 0.25) is 0 Å². The Morgan fingerprint density at radius 2 is 1.95 bits per heavy atom. The number of aromatic nitrogens is 3. The molecular weight excluding hydrogens is 555 g/mol. The van der Waals surface area contributed by atoms with Crippen LogP contribution in [0.1, 0.15) is 61.9 Å². The Morgan fingerprint density at radius 1 is 1.10 bits per heavy atom. The molecule has 6 atom stereocenters. The Labute approximate surface area is 244 Å². The predicted octanol–water partition coefficient (Wildman–Crippen LogP) is 6.08. The molecule has 10 rings (SSSR count). The molecule has 3 aliphatic carbocycles. The lowest BCUT2D eigenvalue weighted by Crippen LogP contribution is -2.35. The van der Waals surface area contributed by atoms with E-state index >= 15 is 4.39 Å². The van der Waals surface area contributed by atoms with Gasteiger partial charge in [-0.15, -0.1) is 0 Å². The van der Waals surface area contributed by atoms with E-state index in [2.05, 4.69) is 10.6 Å². The predicted molar refractivity (Wildman–Crippen MR) is 155 cm³/mol. The maximum absolute atomic E-state index is 16.7. The van der Waals surface area contributed by atoms with E-state index in [0.717, 1.165) is 47.8 Å². The largest absolute Gasteiger partial charge is 0.493 e. The molecule has 4 aromatic rings. The minimum absolute atomic E-state index is 0.0717. The number of nitrogens with zero attached hydrogens (tertiary/aromatic N) is 4. The van der Waals surface area contributed by atoms with E-state index in [1.54, 1.807) is 12.5 Å². The zero-order valence-corrected chi connectivity index (χ0v) is 24.2. The summed E-state index contributed by atoms with van der Waals surface area (Å²) in [4.78, 5) is 24.2. The summed E-state index contributed by atoms with van der Waals surface area (Å²) < 4.78 is 43.7. The van der Waals surface area contributed by atoms with Crippen LogP contribution in [0.15, 0.2) is 35.5 Å². The molecule has 1 amide bonds. The second-order valence-corrected chi connectivity index (χ2v) is 13.9. The zero-order valence-electron chi connectivity index (χ0n) is 23.3. The summed E-state index contributed by atoms with van der Waals surface area (Å²) >= 11 is 0. The molecule has 1 aromatic carbocycles.